The zero-order chi connectivity index (χ0) is 15.0. The maximum absolute atomic E-state index is 11.0. The van der Waals surface area contributed by atoms with E-state index in [1.807, 2.05) is 0 Å². The molecule has 0 spiro atoms. The lowest BCUT2D eigenvalue weighted by atomic mass is 10.3. The summed E-state index contributed by atoms with van der Waals surface area (Å²) in [6.07, 6.45) is 1.51. The molecule has 0 atom stereocenters. The van der Waals surface area contributed by atoms with Crippen LogP contribution in [0.15, 0.2) is 27.3 Å². The van der Waals surface area contributed by atoms with Crippen LogP contribution < -0.4 is 0 Å². The molecule has 3 heterocycles. The van der Waals surface area contributed by atoms with Crippen molar-refractivity contribution in [3.8, 4) is 11.6 Å². The predicted octanol–water partition coefficient (Wildman–Crippen LogP) is 2.10. The van der Waals surface area contributed by atoms with Gasteiger partial charge in [-0.3, -0.25) is 14.8 Å². The van der Waals surface area contributed by atoms with E-state index in [-0.39, 0.29) is 12.2 Å². The van der Waals surface area contributed by atoms with Crippen molar-refractivity contribution in [1.82, 2.24) is 19.9 Å². The average Bonchev–Trinajstić information content (AvgIpc) is 3.11. The zero-order valence-electron chi connectivity index (χ0n) is 11.3. The van der Waals surface area contributed by atoms with E-state index in [2.05, 4.69) is 15.2 Å². The highest BCUT2D eigenvalue weighted by molar-refractivity contribution is 5.44. The van der Waals surface area contributed by atoms with Crippen LogP contribution in [-0.2, 0) is 6.54 Å². The zero-order valence-corrected chi connectivity index (χ0v) is 11.3. The molecule has 9 nitrogen and oxygen atoms in total. The second-order valence-corrected chi connectivity index (χ2v) is 4.42. The molecule has 0 fully saturated rings. The summed E-state index contributed by atoms with van der Waals surface area (Å²) in [6.45, 7) is 3.37. The lowest BCUT2D eigenvalue weighted by molar-refractivity contribution is -0.386. The molecule has 9 heteroatoms. The number of hydrogen-bond donors (Lipinski definition) is 0. The summed E-state index contributed by atoms with van der Waals surface area (Å²) in [5, 5.41) is 18.9. The summed E-state index contributed by atoms with van der Waals surface area (Å²) in [7, 11) is 0. The highest BCUT2D eigenvalue weighted by atomic mass is 16.6. The minimum Gasteiger partial charge on any atom is -0.461 e. The fourth-order valence-corrected chi connectivity index (χ4v) is 2.06. The molecule has 3 aromatic rings. The molecule has 3 rings (SSSR count). The molecule has 0 unspecified atom stereocenters. The van der Waals surface area contributed by atoms with Crippen molar-refractivity contribution in [1.29, 1.82) is 0 Å². The lowest BCUT2D eigenvalue weighted by Crippen LogP contribution is -2.04. The normalized spacial score (nSPS) is 11.0. The van der Waals surface area contributed by atoms with Crippen molar-refractivity contribution in [2.45, 2.75) is 20.4 Å². The minimum atomic E-state index is -0.448. The highest BCUT2D eigenvalue weighted by Crippen LogP contribution is 2.23. The molecular weight excluding hydrogens is 278 g/mol. The first-order chi connectivity index (χ1) is 10.1. The Morgan fingerprint density at radius 3 is 2.86 bits per heavy atom. The van der Waals surface area contributed by atoms with Gasteiger partial charge >= 0.3 is 5.69 Å². The number of aryl methyl sites for hydroxylation is 1. The Balaban J connectivity index is 1.88. The van der Waals surface area contributed by atoms with Crippen LogP contribution in [0.4, 0.5) is 5.69 Å². The van der Waals surface area contributed by atoms with Gasteiger partial charge in [-0.15, -0.1) is 0 Å². The number of hydrogen-bond acceptors (Lipinski definition) is 7. The first kappa shape index (κ1) is 13.0. The van der Waals surface area contributed by atoms with Crippen molar-refractivity contribution in [3.05, 3.63) is 45.8 Å². The van der Waals surface area contributed by atoms with Gasteiger partial charge in [0.2, 0.25) is 11.7 Å². The first-order valence-corrected chi connectivity index (χ1v) is 6.11. The largest absolute Gasteiger partial charge is 0.461 e. The van der Waals surface area contributed by atoms with Crippen molar-refractivity contribution in [3.63, 3.8) is 0 Å². The lowest BCUT2D eigenvalue weighted by Gasteiger charge is -1.97. The second-order valence-electron chi connectivity index (χ2n) is 4.42. The number of nitrogens with zero attached hydrogens (tertiary/aromatic N) is 5. The van der Waals surface area contributed by atoms with Gasteiger partial charge in [0.15, 0.2) is 5.76 Å². The van der Waals surface area contributed by atoms with Crippen LogP contribution in [0.2, 0.25) is 0 Å². The van der Waals surface area contributed by atoms with Gasteiger partial charge in [0.25, 0.3) is 0 Å². The molecule has 0 saturated carbocycles. The third-order valence-electron chi connectivity index (χ3n) is 3.02. The van der Waals surface area contributed by atoms with Crippen LogP contribution in [0.1, 0.15) is 17.3 Å². The summed E-state index contributed by atoms with van der Waals surface area (Å²) >= 11 is 0. The van der Waals surface area contributed by atoms with Crippen LogP contribution in [0.3, 0.4) is 0 Å². The summed E-state index contributed by atoms with van der Waals surface area (Å²) in [4.78, 5) is 14.7. The molecule has 21 heavy (non-hydrogen) atoms. The molecule has 3 aromatic heterocycles. The molecule has 0 amide bonds. The third kappa shape index (κ3) is 2.29. The van der Waals surface area contributed by atoms with Gasteiger partial charge in [0.1, 0.15) is 17.9 Å². The van der Waals surface area contributed by atoms with E-state index in [0.29, 0.717) is 28.9 Å². The van der Waals surface area contributed by atoms with Crippen molar-refractivity contribution in [2.75, 3.05) is 0 Å². The van der Waals surface area contributed by atoms with Crippen LogP contribution in [0.5, 0.6) is 0 Å². The SMILES string of the molecule is Cc1nn(Cc2nc(-c3ccco3)no2)c(C)c1[N+](=O)[O-]. The van der Waals surface area contributed by atoms with E-state index >= 15 is 0 Å². The van der Waals surface area contributed by atoms with Crippen molar-refractivity contribution >= 4 is 5.69 Å². The van der Waals surface area contributed by atoms with E-state index in [9.17, 15) is 10.1 Å². The predicted molar refractivity (Wildman–Crippen MR) is 69.5 cm³/mol. The summed E-state index contributed by atoms with van der Waals surface area (Å²) < 4.78 is 11.7. The number of furan rings is 1. The van der Waals surface area contributed by atoms with Crippen LogP contribution in [0.25, 0.3) is 11.6 Å². The molecule has 108 valence electrons. The quantitative estimate of drug-likeness (QED) is 0.533. The van der Waals surface area contributed by atoms with Crippen molar-refractivity contribution < 1.29 is 13.9 Å². The Kier molecular flexibility index (Phi) is 3.01. The summed E-state index contributed by atoms with van der Waals surface area (Å²) in [5.74, 6) is 1.11. The maximum Gasteiger partial charge on any atom is 0.312 e. The van der Waals surface area contributed by atoms with E-state index in [0.717, 1.165) is 0 Å². The van der Waals surface area contributed by atoms with Gasteiger partial charge in [-0.05, 0) is 26.0 Å². The Morgan fingerprint density at radius 1 is 1.43 bits per heavy atom. The fraction of sp³-hybridized carbons (Fsp3) is 0.250. The molecule has 0 aliphatic rings. The van der Waals surface area contributed by atoms with Gasteiger partial charge in [0, 0.05) is 0 Å². The molecular formula is C12H11N5O4. The highest BCUT2D eigenvalue weighted by Gasteiger charge is 2.23. The van der Waals surface area contributed by atoms with Gasteiger partial charge in [-0.1, -0.05) is 5.16 Å². The molecule has 0 N–H and O–H groups in total. The molecule has 0 aliphatic heterocycles. The van der Waals surface area contributed by atoms with E-state index in [1.165, 1.54) is 10.9 Å². The van der Waals surface area contributed by atoms with Crippen molar-refractivity contribution in [2.24, 2.45) is 0 Å². The van der Waals surface area contributed by atoms with E-state index in [1.54, 1.807) is 26.0 Å². The van der Waals surface area contributed by atoms with Crippen LogP contribution >= 0.6 is 0 Å². The standard InChI is InChI=1S/C12H11N5O4/c1-7-11(17(18)19)8(2)16(14-7)6-10-13-12(15-21-10)9-4-3-5-20-9/h3-5H,6H2,1-2H3. The van der Waals surface area contributed by atoms with Crippen LogP contribution in [0, 0.1) is 24.0 Å². The molecule has 0 aromatic carbocycles. The van der Waals surface area contributed by atoms with Crippen LogP contribution in [-0.4, -0.2) is 24.8 Å². The van der Waals surface area contributed by atoms with Gasteiger partial charge in [0.05, 0.1) is 11.2 Å². The van der Waals surface area contributed by atoms with E-state index in [4.69, 9.17) is 8.94 Å². The Morgan fingerprint density at radius 2 is 2.24 bits per heavy atom. The molecule has 0 bridgehead atoms. The monoisotopic (exact) mass is 289 g/mol. The Bertz CT molecular complexity index is 787. The molecule has 0 radical (unpaired) electrons. The minimum absolute atomic E-state index is 0.000716. The number of aromatic nitrogens is 4. The third-order valence-corrected chi connectivity index (χ3v) is 3.02. The number of rotatable bonds is 4. The summed E-state index contributed by atoms with van der Waals surface area (Å²) in [5.41, 5.74) is 0.791. The van der Waals surface area contributed by atoms with Gasteiger partial charge in [-0.25, -0.2) is 0 Å². The molecule has 0 saturated heterocycles. The fourth-order valence-electron chi connectivity index (χ4n) is 2.06. The summed E-state index contributed by atoms with van der Waals surface area (Å²) in [6, 6.07) is 3.43. The topological polar surface area (TPSA) is 113 Å². The molecule has 0 aliphatic carbocycles. The smallest absolute Gasteiger partial charge is 0.312 e. The second kappa shape index (κ2) is 4.85. The number of nitro groups is 1. The van der Waals surface area contributed by atoms with Gasteiger partial charge < -0.3 is 8.94 Å². The maximum atomic E-state index is 11.0. The van der Waals surface area contributed by atoms with Gasteiger partial charge in [-0.2, -0.15) is 10.1 Å². The average molecular weight is 289 g/mol. The first-order valence-electron chi connectivity index (χ1n) is 6.11. The van der Waals surface area contributed by atoms with E-state index < -0.39 is 4.92 Å². The Labute approximate surface area is 118 Å². The Hall–Kier alpha value is -2.97.